The minimum absolute atomic E-state index is 0.641. The van der Waals surface area contributed by atoms with E-state index in [1.165, 1.54) is 12.8 Å². The van der Waals surface area contributed by atoms with Crippen LogP contribution in [0.5, 0.6) is 0 Å². The van der Waals surface area contributed by atoms with Crippen LogP contribution in [0.15, 0.2) is 16.8 Å². The van der Waals surface area contributed by atoms with Gasteiger partial charge in [-0.15, -0.1) is 0 Å². The fraction of sp³-hybridized carbons (Fsp3) is 0.444. The second-order valence-corrected chi connectivity index (χ2v) is 2.81. The molecule has 0 aromatic carbocycles. The lowest BCUT2D eigenvalue weighted by Crippen LogP contribution is -2.10. The zero-order valence-corrected chi connectivity index (χ0v) is 6.79. The van der Waals surface area contributed by atoms with Crippen molar-refractivity contribution in [2.45, 2.75) is 12.8 Å². The van der Waals surface area contributed by atoms with Crippen molar-refractivity contribution < 1.29 is 4.52 Å². The Kier molecular flexibility index (Phi) is 2.00. The van der Waals surface area contributed by atoms with Crippen LogP contribution in [-0.2, 0) is 0 Å². The lowest BCUT2D eigenvalue weighted by Gasteiger charge is -2.04. The number of likely N-dealkylation sites (tertiary alicyclic amines) is 1. The standard InChI is InChI=1S/C9H10N2O/c1-2-7-11(6-1)8-4-9-3-5-10-12-9/h3,5H,1-2,6-7H2. The maximum absolute atomic E-state index is 4.84. The van der Waals surface area contributed by atoms with Crippen molar-refractivity contribution in [2.24, 2.45) is 0 Å². The van der Waals surface area contributed by atoms with E-state index in [1.54, 1.807) is 12.3 Å². The molecule has 62 valence electrons. The van der Waals surface area contributed by atoms with Crippen molar-refractivity contribution in [2.75, 3.05) is 13.1 Å². The van der Waals surface area contributed by atoms with Gasteiger partial charge in [-0.3, -0.25) is 0 Å². The van der Waals surface area contributed by atoms with Crippen LogP contribution >= 0.6 is 0 Å². The van der Waals surface area contributed by atoms with E-state index in [4.69, 9.17) is 4.52 Å². The first kappa shape index (κ1) is 7.23. The normalized spacial score (nSPS) is 15.8. The summed E-state index contributed by atoms with van der Waals surface area (Å²) in [6.45, 7) is 2.17. The smallest absolute Gasteiger partial charge is 0.211 e. The molecule has 0 bridgehead atoms. The number of nitrogens with zero attached hydrogens (tertiary/aromatic N) is 2. The molecule has 0 amide bonds. The van der Waals surface area contributed by atoms with E-state index in [0.29, 0.717) is 5.76 Å². The van der Waals surface area contributed by atoms with Gasteiger partial charge in [0.25, 0.3) is 0 Å². The van der Waals surface area contributed by atoms with Crippen LogP contribution in [0.25, 0.3) is 0 Å². The first-order valence-electron chi connectivity index (χ1n) is 4.12. The van der Waals surface area contributed by atoms with Crippen molar-refractivity contribution in [1.82, 2.24) is 10.1 Å². The van der Waals surface area contributed by atoms with Gasteiger partial charge in [0.15, 0.2) is 0 Å². The van der Waals surface area contributed by atoms with Crippen molar-refractivity contribution in [3.05, 3.63) is 18.0 Å². The van der Waals surface area contributed by atoms with Crippen molar-refractivity contribution in [3.8, 4) is 12.0 Å². The Labute approximate surface area is 71.3 Å². The van der Waals surface area contributed by atoms with E-state index < -0.39 is 0 Å². The fourth-order valence-corrected chi connectivity index (χ4v) is 1.24. The Hall–Kier alpha value is -1.43. The van der Waals surface area contributed by atoms with Crippen LogP contribution in [0, 0.1) is 12.0 Å². The quantitative estimate of drug-likeness (QED) is 0.534. The molecule has 3 heteroatoms. The topological polar surface area (TPSA) is 29.3 Å². The maximum Gasteiger partial charge on any atom is 0.211 e. The highest BCUT2D eigenvalue weighted by atomic mass is 16.5. The molecule has 1 fully saturated rings. The van der Waals surface area contributed by atoms with Gasteiger partial charge in [-0.1, -0.05) is 5.16 Å². The second kappa shape index (κ2) is 3.31. The van der Waals surface area contributed by atoms with Gasteiger partial charge in [-0.25, -0.2) is 0 Å². The van der Waals surface area contributed by atoms with Gasteiger partial charge in [0.2, 0.25) is 5.76 Å². The average molecular weight is 162 g/mol. The van der Waals surface area contributed by atoms with Crippen molar-refractivity contribution >= 4 is 0 Å². The van der Waals surface area contributed by atoms with Gasteiger partial charge in [0.05, 0.1) is 6.20 Å². The summed E-state index contributed by atoms with van der Waals surface area (Å²) in [5.41, 5.74) is 0. The predicted molar refractivity (Wildman–Crippen MR) is 44.2 cm³/mol. The molecule has 3 nitrogen and oxygen atoms in total. The SMILES string of the molecule is C(#CN1CCCC1)c1ccno1. The monoisotopic (exact) mass is 162 g/mol. The zero-order chi connectivity index (χ0) is 8.23. The first-order chi connectivity index (χ1) is 5.95. The maximum atomic E-state index is 4.84. The minimum atomic E-state index is 0.641. The molecule has 1 aliphatic heterocycles. The molecule has 0 aliphatic carbocycles. The van der Waals surface area contributed by atoms with Crippen LogP contribution < -0.4 is 0 Å². The highest BCUT2D eigenvalue weighted by Crippen LogP contribution is 2.05. The predicted octanol–water partition coefficient (Wildman–Crippen LogP) is 1.08. The van der Waals surface area contributed by atoms with E-state index in [-0.39, 0.29) is 0 Å². The Morgan fingerprint density at radius 3 is 2.92 bits per heavy atom. The van der Waals surface area contributed by atoms with Gasteiger partial charge in [0, 0.05) is 25.2 Å². The Balaban J connectivity index is 2.00. The first-order valence-corrected chi connectivity index (χ1v) is 4.12. The molecule has 1 saturated heterocycles. The average Bonchev–Trinajstić information content (AvgIpc) is 2.74. The molecule has 0 atom stereocenters. The molecular formula is C9H10N2O. The molecule has 2 rings (SSSR count). The third-order valence-corrected chi connectivity index (χ3v) is 1.88. The Bertz CT molecular complexity index is 288. The molecule has 1 aromatic rings. The molecule has 0 unspecified atom stereocenters. The zero-order valence-electron chi connectivity index (χ0n) is 6.79. The summed E-state index contributed by atoms with van der Waals surface area (Å²) in [5.74, 6) is 3.55. The second-order valence-electron chi connectivity index (χ2n) is 2.81. The number of hydrogen-bond donors (Lipinski definition) is 0. The van der Waals surface area contributed by atoms with Crippen LogP contribution in [0.2, 0.25) is 0 Å². The van der Waals surface area contributed by atoms with Gasteiger partial charge in [-0.05, 0) is 18.8 Å². The van der Waals surface area contributed by atoms with Gasteiger partial charge in [-0.2, -0.15) is 0 Å². The molecule has 0 N–H and O–H groups in total. The van der Waals surface area contributed by atoms with E-state index >= 15 is 0 Å². The third-order valence-electron chi connectivity index (χ3n) is 1.88. The summed E-state index contributed by atoms with van der Waals surface area (Å²) in [6.07, 6.45) is 4.12. The molecule has 0 saturated carbocycles. The van der Waals surface area contributed by atoms with Crippen LogP contribution in [0.4, 0.5) is 0 Å². The minimum Gasteiger partial charge on any atom is -0.348 e. The lowest BCUT2D eigenvalue weighted by atomic mass is 10.4. The fourth-order valence-electron chi connectivity index (χ4n) is 1.24. The van der Waals surface area contributed by atoms with Gasteiger partial charge in [0.1, 0.15) is 0 Å². The van der Waals surface area contributed by atoms with Gasteiger partial charge < -0.3 is 9.42 Å². The van der Waals surface area contributed by atoms with Gasteiger partial charge >= 0.3 is 0 Å². The summed E-state index contributed by atoms with van der Waals surface area (Å²) in [6, 6.07) is 4.80. The molecule has 0 spiro atoms. The molecule has 0 radical (unpaired) electrons. The molecular weight excluding hydrogens is 152 g/mol. The Morgan fingerprint density at radius 2 is 2.25 bits per heavy atom. The highest BCUT2D eigenvalue weighted by Gasteiger charge is 2.06. The van der Waals surface area contributed by atoms with E-state index in [1.807, 2.05) is 0 Å². The van der Waals surface area contributed by atoms with E-state index in [0.717, 1.165) is 13.1 Å². The van der Waals surface area contributed by atoms with Crippen LogP contribution in [0.3, 0.4) is 0 Å². The van der Waals surface area contributed by atoms with Crippen molar-refractivity contribution in [3.63, 3.8) is 0 Å². The van der Waals surface area contributed by atoms with Crippen LogP contribution in [-0.4, -0.2) is 23.1 Å². The molecule has 2 heterocycles. The Morgan fingerprint density at radius 1 is 1.42 bits per heavy atom. The number of aromatic nitrogens is 1. The highest BCUT2D eigenvalue weighted by molar-refractivity contribution is 5.22. The summed E-state index contributed by atoms with van der Waals surface area (Å²) in [4.78, 5) is 2.11. The van der Waals surface area contributed by atoms with Crippen LogP contribution in [0.1, 0.15) is 18.6 Å². The molecule has 1 aliphatic rings. The summed E-state index contributed by atoms with van der Waals surface area (Å²) >= 11 is 0. The number of hydrogen-bond acceptors (Lipinski definition) is 3. The van der Waals surface area contributed by atoms with Crippen molar-refractivity contribution in [1.29, 1.82) is 0 Å². The number of rotatable bonds is 0. The lowest BCUT2D eigenvalue weighted by molar-refractivity contribution is 0.410. The molecule has 12 heavy (non-hydrogen) atoms. The van der Waals surface area contributed by atoms with E-state index in [9.17, 15) is 0 Å². The summed E-state index contributed by atoms with van der Waals surface area (Å²) < 4.78 is 4.84. The largest absolute Gasteiger partial charge is 0.348 e. The van der Waals surface area contributed by atoms with E-state index in [2.05, 4.69) is 22.0 Å². The molecule has 1 aromatic heterocycles. The summed E-state index contributed by atoms with van der Waals surface area (Å²) in [7, 11) is 0. The third kappa shape index (κ3) is 1.59. The summed E-state index contributed by atoms with van der Waals surface area (Å²) in [5, 5.41) is 3.57.